The first kappa shape index (κ1) is 23.8. The van der Waals surface area contributed by atoms with Crippen molar-refractivity contribution in [1.29, 1.82) is 0 Å². The summed E-state index contributed by atoms with van der Waals surface area (Å²) in [6, 6.07) is 15.9. The van der Waals surface area contributed by atoms with Gasteiger partial charge in [-0.15, -0.1) is 0 Å². The van der Waals surface area contributed by atoms with Gasteiger partial charge in [0.25, 0.3) is 0 Å². The number of hydrogen-bond acceptors (Lipinski definition) is 6. The summed E-state index contributed by atoms with van der Waals surface area (Å²) in [5.74, 6) is -3.65. The van der Waals surface area contributed by atoms with Crippen LogP contribution in [0.4, 0.5) is 0 Å². The van der Waals surface area contributed by atoms with Gasteiger partial charge in [-0.2, -0.15) is 0 Å². The SMILES string of the molecule is O=C(O)C(=O)O.c1ccc(CN2CCC(N3CCN(Cc4cccnc4)CC3)CC2)cc1. The van der Waals surface area contributed by atoms with Gasteiger partial charge >= 0.3 is 11.9 Å². The molecule has 0 aliphatic carbocycles. The van der Waals surface area contributed by atoms with Crippen LogP contribution in [0.3, 0.4) is 0 Å². The third-order valence-electron chi connectivity index (χ3n) is 6.04. The molecule has 2 fully saturated rings. The van der Waals surface area contributed by atoms with Crippen LogP contribution >= 0.6 is 0 Å². The number of aliphatic carboxylic acids is 2. The van der Waals surface area contributed by atoms with E-state index < -0.39 is 11.9 Å². The van der Waals surface area contributed by atoms with Gasteiger partial charge in [-0.25, -0.2) is 9.59 Å². The zero-order valence-electron chi connectivity index (χ0n) is 18.3. The Bertz CT molecular complexity index is 762. The van der Waals surface area contributed by atoms with Crippen molar-refractivity contribution in [2.24, 2.45) is 0 Å². The van der Waals surface area contributed by atoms with Gasteiger partial charge in [0.1, 0.15) is 0 Å². The Morgan fingerprint density at radius 1 is 0.781 bits per heavy atom. The maximum atomic E-state index is 9.10. The van der Waals surface area contributed by atoms with E-state index in [1.165, 1.54) is 63.2 Å². The van der Waals surface area contributed by atoms with Crippen molar-refractivity contribution in [3.05, 3.63) is 66.0 Å². The molecule has 1 aromatic heterocycles. The molecule has 0 bridgehead atoms. The zero-order chi connectivity index (χ0) is 22.8. The summed E-state index contributed by atoms with van der Waals surface area (Å²) in [7, 11) is 0. The van der Waals surface area contributed by atoms with E-state index in [4.69, 9.17) is 19.8 Å². The quantitative estimate of drug-likeness (QED) is 0.682. The summed E-state index contributed by atoms with van der Waals surface area (Å²) in [5, 5.41) is 14.8. The lowest BCUT2D eigenvalue weighted by atomic mass is 10.0. The van der Waals surface area contributed by atoms with Gasteiger partial charge in [0.15, 0.2) is 0 Å². The topological polar surface area (TPSA) is 97.2 Å². The van der Waals surface area contributed by atoms with E-state index in [0.717, 1.165) is 19.1 Å². The Morgan fingerprint density at radius 2 is 1.34 bits per heavy atom. The minimum absolute atomic E-state index is 0.780. The lowest BCUT2D eigenvalue weighted by Crippen LogP contribution is -2.52. The number of carboxylic acid groups (broad SMARTS) is 2. The number of benzene rings is 1. The first-order valence-electron chi connectivity index (χ1n) is 11.1. The number of piperidine rings is 1. The van der Waals surface area contributed by atoms with Crippen LogP contribution in [0.15, 0.2) is 54.9 Å². The number of carbonyl (C=O) groups is 2. The summed E-state index contributed by atoms with van der Waals surface area (Å²) in [6.45, 7) is 9.39. The van der Waals surface area contributed by atoms with Gasteiger partial charge in [0.05, 0.1) is 0 Å². The minimum atomic E-state index is -1.82. The molecule has 0 radical (unpaired) electrons. The third-order valence-corrected chi connectivity index (χ3v) is 6.04. The number of carboxylic acids is 2. The van der Waals surface area contributed by atoms with Crippen LogP contribution in [0.25, 0.3) is 0 Å². The highest BCUT2D eigenvalue weighted by atomic mass is 16.4. The van der Waals surface area contributed by atoms with Crippen LogP contribution in [-0.4, -0.2) is 87.1 Å². The fraction of sp³-hybridized carbons (Fsp3) is 0.458. The molecule has 0 spiro atoms. The molecule has 172 valence electrons. The second kappa shape index (κ2) is 12.3. The van der Waals surface area contributed by atoms with E-state index in [-0.39, 0.29) is 0 Å². The Balaban J connectivity index is 0.000000427. The molecule has 2 aliphatic rings. The lowest BCUT2D eigenvalue weighted by Gasteiger charge is -2.42. The largest absolute Gasteiger partial charge is 0.473 e. The maximum absolute atomic E-state index is 9.10. The molecule has 1 aromatic carbocycles. The number of piperazine rings is 1. The van der Waals surface area contributed by atoms with Crippen molar-refractivity contribution < 1.29 is 19.8 Å². The normalized spacial score (nSPS) is 18.5. The summed E-state index contributed by atoms with van der Waals surface area (Å²) >= 11 is 0. The van der Waals surface area contributed by atoms with Crippen molar-refractivity contribution in [1.82, 2.24) is 19.7 Å². The molecule has 0 unspecified atom stereocenters. The molecule has 0 amide bonds. The number of likely N-dealkylation sites (tertiary alicyclic amines) is 1. The van der Waals surface area contributed by atoms with Crippen LogP contribution in [-0.2, 0) is 22.7 Å². The molecule has 32 heavy (non-hydrogen) atoms. The third kappa shape index (κ3) is 7.71. The number of nitrogens with zero attached hydrogens (tertiary/aromatic N) is 4. The highest BCUT2D eigenvalue weighted by Crippen LogP contribution is 2.20. The smallest absolute Gasteiger partial charge is 0.414 e. The molecule has 2 aliphatic heterocycles. The van der Waals surface area contributed by atoms with Gasteiger partial charge in [0.2, 0.25) is 0 Å². The second-order valence-electron chi connectivity index (χ2n) is 8.28. The molecule has 8 heteroatoms. The molecular formula is C24H32N4O4. The van der Waals surface area contributed by atoms with E-state index >= 15 is 0 Å². The van der Waals surface area contributed by atoms with E-state index in [1.54, 1.807) is 0 Å². The van der Waals surface area contributed by atoms with Crippen molar-refractivity contribution in [3.8, 4) is 0 Å². The monoisotopic (exact) mass is 440 g/mol. The summed E-state index contributed by atoms with van der Waals surface area (Å²) < 4.78 is 0. The van der Waals surface area contributed by atoms with Crippen LogP contribution in [0, 0.1) is 0 Å². The average molecular weight is 441 g/mol. The first-order valence-corrected chi connectivity index (χ1v) is 11.1. The van der Waals surface area contributed by atoms with Crippen LogP contribution in [0.5, 0.6) is 0 Å². The predicted molar refractivity (Wildman–Crippen MR) is 121 cm³/mol. The van der Waals surface area contributed by atoms with Gasteiger partial charge in [-0.05, 0) is 43.1 Å². The fourth-order valence-electron chi connectivity index (χ4n) is 4.32. The van der Waals surface area contributed by atoms with E-state index in [2.05, 4.69) is 56.1 Å². The lowest BCUT2D eigenvalue weighted by molar-refractivity contribution is -0.159. The average Bonchev–Trinajstić information content (AvgIpc) is 2.82. The van der Waals surface area contributed by atoms with Crippen LogP contribution in [0.2, 0.25) is 0 Å². The molecule has 0 saturated carbocycles. The van der Waals surface area contributed by atoms with Gasteiger partial charge < -0.3 is 10.2 Å². The summed E-state index contributed by atoms with van der Waals surface area (Å²) in [4.78, 5) is 30.4. The Kier molecular flexibility index (Phi) is 9.15. The first-order chi connectivity index (χ1) is 15.5. The maximum Gasteiger partial charge on any atom is 0.414 e. The highest BCUT2D eigenvalue weighted by Gasteiger charge is 2.27. The predicted octanol–water partition coefficient (Wildman–Crippen LogP) is 2.02. The van der Waals surface area contributed by atoms with Gasteiger partial charge in [-0.1, -0.05) is 36.4 Å². The van der Waals surface area contributed by atoms with Crippen molar-refractivity contribution >= 4 is 11.9 Å². The minimum Gasteiger partial charge on any atom is -0.473 e. The second-order valence-corrected chi connectivity index (χ2v) is 8.28. The van der Waals surface area contributed by atoms with Gasteiger partial charge in [-0.3, -0.25) is 19.7 Å². The summed E-state index contributed by atoms with van der Waals surface area (Å²) in [5.41, 5.74) is 2.77. The Hall–Kier alpha value is -2.81. The zero-order valence-corrected chi connectivity index (χ0v) is 18.3. The van der Waals surface area contributed by atoms with Crippen molar-refractivity contribution in [2.75, 3.05) is 39.3 Å². The van der Waals surface area contributed by atoms with Gasteiger partial charge in [0, 0.05) is 57.7 Å². The number of aromatic nitrogens is 1. The molecule has 0 atom stereocenters. The Morgan fingerprint density at radius 3 is 1.91 bits per heavy atom. The van der Waals surface area contributed by atoms with E-state index in [9.17, 15) is 0 Å². The fourth-order valence-corrected chi connectivity index (χ4v) is 4.32. The standard InChI is InChI=1S/C22H30N4.C2H2O4/c1-2-5-20(6-3-1)18-24-11-8-22(9-12-24)26-15-13-25(14-16-26)19-21-7-4-10-23-17-21;3-1(4)2(5)6/h1-7,10,17,22H,8-9,11-16,18-19H2;(H,3,4)(H,5,6). The molecule has 4 rings (SSSR count). The molecule has 2 N–H and O–H groups in total. The number of pyridine rings is 1. The molecule has 2 aromatic rings. The van der Waals surface area contributed by atoms with E-state index in [1.807, 2.05) is 18.5 Å². The highest BCUT2D eigenvalue weighted by molar-refractivity contribution is 6.27. The molecular weight excluding hydrogens is 408 g/mol. The van der Waals surface area contributed by atoms with Crippen molar-refractivity contribution in [2.45, 2.75) is 32.0 Å². The van der Waals surface area contributed by atoms with Crippen LogP contribution in [0.1, 0.15) is 24.0 Å². The van der Waals surface area contributed by atoms with E-state index in [0.29, 0.717) is 0 Å². The number of hydrogen-bond donors (Lipinski definition) is 2. The molecule has 8 nitrogen and oxygen atoms in total. The summed E-state index contributed by atoms with van der Waals surface area (Å²) in [6.07, 6.45) is 6.48. The Labute approximate surface area is 189 Å². The molecule has 2 saturated heterocycles. The van der Waals surface area contributed by atoms with Crippen LogP contribution < -0.4 is 0 Å². The number of rotatable bonds is 5. The molecule has 3 heterocycles. The van der Waals surface area contributed by atoms with Crippen molar-refractivity contribution in [3.63, 3.8) is 0 Å².